The summed E-state index contributed by atoms with van der Waals surface area (Å²) < 4.78 is 0. The summed E-state index contributed by atoms with van der Waals surface area (Å²) >= 11 is 0. The van der Waals surface area contributed by atoms with Crippen LogP contribution in [0.15, 0.2) is 18.2 Å². The molecule has 0 unspecified atom stereocenters. The minimum absolute atomic E-state index is 0.412. The van der Waals surface area contributed by atoms with E-state index in [1.165, 1.54) is 49.7 Å². The van der Waals surface area contributed by atoms with Gasteiger partial charge in [-0.3, -0.25) is 4.90 Å². The normalized spacial score (nSPS) is 14.9. The molecular formula is C18H27NO2. The van der Waals surface area contributed by atoms with Crippen molar-refractivity contribution in [1.29, 1.82) is 0 Å². The van der Waals surface area contributed by atoms with Gasteiger partial charge in [-0.1, -0.05) is 45.1 Å². The van der Waals surface area contributed by atoms with Crippen molar-refractivity contribution in [2.45, 2.75) is 58.4 Å². The molecule has 0 spiro atoms. The van der Waals surface area contributed by atoms with E-state index in [1.54, 1.807) is 6.07 Å². The molecule has 116 valence electrons. The Labute approximate surface area is 128 Å². The molecule has 3 nitrogen and oxygen atoms in total. The Morgan fingerprint density at radius 1 is 1.14 bits per heavy atom. The Kier molecular flexibility index (Phi) is 6.24. The second-order valence-corrected chi connectivity index (χ2v) is 6.08. The van der Waals surface area contributed by atoms with Gasteiger partial charge in [-0.15, -0.1) is 0 Å². The van der Waals surface area contributed by atoms with Crippen LogP contribution < -0.4 is 0 Å². The number of hydrogen-bond acceptors (Lipinski definition) is 2. The van der Waals surface area contributed by atoms with Crippen molar-refractivity contribution < 1.29 is 9.90 Å². The second-order valence-electron chi connectivity index (χ2n) is 6.08. The number of hydrogen-bond donors (Lipinski definition) is 1. The summed E-state index contributed by atoms with van der Waals surface area (Å²) in [6.07, 6.45) is 8.99. The van der Waals surface area contributed by atoms with Crippen molar-refractivity contribution in [1.82, 2.24) is 4.90 Å². The average Bonchev–Trinajstić information content (AvgIpc) is 2.50. The van der Waals surface area contributed by atoms with Gasteiger partial charge in [0.25, 0.3) is 0 Å². The maximum Gasteiger partial charge on any atom is 0.335 e. The molecule has 21 heavy (non-hydrogen) atoms. The van der Waals surface area contributed by atoms with Crippen molar-refractivity contribution in [3.05, 3.63) is 34.9 Å². The molecule has 0 radical (unpaired) electrons. The number of unbranched alkanes of at least 4 members (excludes halogenated alkanes) is 5. The zero-order valence-electron chi connectivity index (χ0n) is 13.1. The standard InChI is InChI=1S/C18H27NO2/c1-2-3-4-5-6-7-11-19-12-10-15-8-9-16(18(20)21)13-17(15)14-19/h8-9,13H,2-7,10-12,14H2,1H3,(H,20,21). The number of benzene rings is 1. The second kappa shape index (κ2) is 8.18. The number of carbonyl (C=O) groups is 1. The molecule has 1 N–H and O–H groups in total. The Morgan fingerprint density at radius 3 is 2.67 bits per heavy atom. The summed E-state index contributed by atoms with van der Waals surface area (Å²) in [6, 6.07) is 5.57. The van der Waals surface area contributed by atoms with Gasteiger partial charge in [-0.2, -0.15) is 0 Å². The number of aromatic carboxylic acids is 1. The van der Waals surface area contributed by atoms with Gasteiger partial charge in [0.2, 0.25) is 0 Å². The van der Waals surface area contributed by atoms with Gasteiger partial charge in [-0.05, 0) is 42.6 Å². The van der Waals surface area contributed by atoms with Crippen molar-refractivity contribution in [2.75, 3.05) is 13.1 Å². The van der Waals surface area contributed by atoms with E-state index in [-0.39, 0.29) is 0 Å². The Balaban J connectivity index is 1.79. The maximum atomic E-state index is 11.1. The van der Waals surface area contributed by atoms with Crippen LogP contribution >= 0.6 is 0 Å². The van der Waals surface area contributed by atoms with E-state index < -0.39 is 5.97 Å². The number of rotatable bonds is 8. The van der Waals surface area contributed by atoms with Gasteiger partial charge in [0, 0.05) is 13.1 Å². The van der Waals surface area contributed by atoms with Crippen LogP contribution in [0.2, 0.25) is 0 Å². The SMILES string of the molecule is CCCCCCCCN1CCc2ccc(C(=O)O)cc2C1. The summed E-state index contributed by atoms with van der Waals surface area (Å²) in [5.74, 6) is -0.828. The zero-order chi connectivity index (χ0) is 15.1. The Bertz CT molecular complexity index is 470. The molecule has 1 aliphatic rings. The van der Waals surface area contributed by atoms with Crippen molar-refractivity contribution in [3.63, 3.8) is 0 Å². The molecule has 0 fully saturated rings. The van der Waals surface area contributed by atoms with Crippen LogP contribution in [0.1, 0.15) is 66.9 Å². The largest absolute Gasteiger partial charge is 0.478 e. The zero-order valence-corrected chi connectivity index (χ0v) is 13.1. The van der Waals surface area contributed by atoms with Crippen LogP contribution in [-0.2, 0) is 13.0 Å². The first-order valence-electron chi connectivity index (χ1n) is 8.28. The van der Waals surface area contributed by atoms with E-state index in [9.17, 15) is 4.79 Å². The van der Waals surface area contributed by atoms with Crippen molar-refractivity contribution in [3.8, 4) is 0 Å². The fourth-order valence-corrected chi connectivity index (χ4v) is 3.06. The lowest BCUT2D eigenvalue weighted by Gasteiger charge is -2.29. The van der Waals surface area contributed by atoms with E-state index in [0.29, 0.717) is 5.56 Å². The first kappa shape index (κ1) is 16.0. The molecule has 0 saturated heterocycles. The van der Waals surface area contributed by atoms with Gasteiger partial charge in [0.1, 0.15) is 0 Å². The van der Waals surface area contributed by atoms with Gasteiger partial charge >= 0.3 is 5.97 Å². The number of fused-ring (bicyclic) bond motifs is 1. The van der Waals surface area contributed by atoms with Gasteiger partial charge in [0.05, 0.1) is 5.56 Å². The molecule has 0 atom stereocenters. The van der Waals surface area contributed by atoms with Crippen LogP contribution in [-0.4, -0.2) is 29.1 Å². The minimum atomic E-state index is -0.828. The highest BCUT2D eigenvalue weighted by atomic mass is 16.4. The van der Waals surface area contributed by atoms with Crippen LogP contribution in [0, 0.1) is 0 Å². The molecule has 0 saturated carbocycles. The third kappa shape index (κ3) is 4.85. The molecule has 0 amide bonds. The fraction of sp³-hybridized carbons (Fsp3) is 0.611. The lowest BCUT2D eigenvalue weighted by Crippen LogP contribution is -2.31. The summed E-state index contributed by atoms with van der Waals surface area (Å²) in [5.41, 5.74) is 2.93. The van der Waals surface area contributed by atoms with E-state index in [4.69, 9.17) is 5.11 Å². The third-order valence-electron chi connectivity index (χ3n) is 4.37. The monoisotopic (exact) mass is 289 g/mol. The van der Waals surface area contributed by atoms with Crippen LogP contribution in [0.25, 0.3) is 0 Å². The number of carboxylic acids is 1. The molecule has 0 bridgehead atoms. The Morgan fingerprint density at radius 2 is 1.90 bits per heavy atom. The third-order valence-corrected chi connectivity index (χ3v) is 4.37. The smallest absolute Gasteiger partial charge is 0.335 e. The highest BCUT2D eigenvalue weighted by Gasteiger charge is 2.17. The summed E-state index contributed by atoms with van der Waals surface area (Å²) in [6.45, 7) is 5.40. The first-order valence-corrected chi connectivity index (χ1v) is 8.28. The van der Waals surface area contributed by atoms with E-state index in [0.717, 1.165) is 26.1 Å². The predicted molar refractivity (Wildman–Crippen MR) is 85.8 cm³/mol. The molecule has 1 aromatic carbocycles. The molecular weight excluding hydrogens is 262 g/mol. The number of carboxylic acid groups (broad SMARTS) is 1. The van der Waals surface area contributed by atoms with Crippen LogP contribution in [0.4, 0.5) is 0 Å². The molecule has 1 aliphatic heterocycles. The molecule has 0 aliphatic carbocycles. The molecule has 3 heteroatoms. The summed E-state index contributed by atoms with van der Waals surface area (Å²) in [7, 11) is 0. The lowest BCUT2D eigenvalue weighted by atomic mass is 9.97. The highest BCUT2D eigenvalue weighted by Crippen LogP contribution is 2.21. The van der Waals surface area contributed by atoms with Crippen molar-refractivity contribution in [2.24, 2.45) is 0 Å². The first-order chi connectivity index (χ1) is 10.2. The summed E-state index contributed by atoms with van der Waals surface area (Å²) in [5, 5.41) is 9.08. The average molecular weight is 289 g/mol. The van der Waals surface area contributed by atoms with E-state index in [2.05, 4.69) is 11.8 Å². The highest BCUT2D eigenvalue weighted by molar-refractivity contribution is 5.87. The van der Waals surface area contributed by atoms with Gasteiger partial charge < -0.3 is 5.11 Å². The fourth-order valence-electron chi connectivity index (χ4n) is 3.06. The van der Waals surface area contributed by atoms with Crippen LogP contribution in [0.3, 0.4) is 0 Å². The summed E-state index contributed by atoms with van der Waals surface area (Å²) in [4.78, 5) is 13.5. The molecule has 1 heterocycles. The lowest BCUT2D eigenvalue weighted by molar-refractivity contribution is 0.0696. The topological polar surface area (TPSA) is 40.5 Å². The predicted octanol–water partition coefficient (Wildman–Crippen LogP) is 4.10. The van der Waals surface area contributed by atoms with E-state index in [1.807, 2.05) is 12.1 Å². The van der Waals surface area contributed by atoms with E-state index >= 15 is 0 Å². The number of nitrogens with zero attached hydrogens (tertiary/aromatic N) is 1. The Hall–Kier alpha value is -1.35. The van der Waals surface area contributed by atoms with Crippen molar-refractivity contribution >= 4 is 5.97 Å². The minimum Gasteiger partial charge on any atom is -0.478 e. The van der Waals surface area contributed by atoms with Crippen LogP contribution in [0.5, 0.6) is 0 Å². The molecule has 1 aromatic rings. The van der Waals surface area contributed by atoms with Gasteiger partial charge in [0.15, 0.2) is 0 Å². The molecule has 2 rings (SSSR count). The molecule has 0 aromatic heterocycles. The van der Waals surface area contributed by atoms with Gasteiger partial charge in [-0.25, -0.2) is 4.79 Å². The maximum absolute atomic E-state index is 11.1. The quantitative estimate of drug-likeness (QED) is 0.732.